The van der Waals surface area contributed by atoms with Gasteiger partial charge in [-0.25, -0.2) is 4.98 Å². The van der Waals surface area contributed by atoms with Gasteiger partial charge in [-0.15, -0.1) is 0 Å². The van der Waals surface area contributed by atoms with Crippen molar-refractivity contribution in [1.82, 2.24) is 9.88 Å². The number of piperidine rings is 1. The molecule has 6 nitrogen and oxygen atoms in total. The molecule has 0 spiro atoms. The molecule has 0 aromatic carbocycles. The first-order valence-electron chi connectivity index (χ1n) is 6.02. The number of aryl methyl sites for hydroxylation is 1. The number of nitrogens with zero attached hydrogens (tertiary/aromatic N) is 3. The third kappa shape index (κ3) is 2.95. The van der Waals surface area contributed by atoms with Gasteiger partial charge < -0.3 is 9.64 Å². The Bertz CT molecular complexity index is 442. The van der Waals surface area contributed by atoms with Crippen molar-refractivity contribution in [3.8, 4) is 5.88 Å². The maximum Gasteiger partial charge on any atom is 0.331 e. The van der Waals surface area contributed by atoms with Crippen molar-refractivity contribution in [2.45, 2.75) is 25.9 Å². The number of likely N-dealkylation sites (tertiary alicyclic amines) is 1. The zero-order chi connectivity index (χ0) is 13.1. The van der Waals surface area contributed by atoms with Gasteiger partial charge in [-0.2, -0.15) is 0 Å². The number of hydrogen-bond acceptors (Lipinski definition) is 5. The summed E-state index contributed by atoms with van der Waals surface area (Å²) in [6.07, 6.45) is 3.37. The van der Waals surface area contributed by atoms with Gasteiger partial charge in [0.2, 0.25) is 0 Å². The van der Waals surface area contributed by atoms with E-state index < -0.39 is 4.92 Å². The second kappa shape index (κ2) is 5.30. The maximum absolute atomic E-state index is 10.9. The fourth-order valence-corrected chi connectivity index (χ4v) is 2.02. The molecule has 18 heavy (non-hydrogen) atoms. The topological polar surface area (TPSA) is 68.5 Å². The Kier molecular flexibility index (Phi) is 3.76. The van der Waals surface area contributed by atoms with Crippen LogP contribution in [0.2, 0.25) is 0 Å². The van der Waals surface area contributed by atoms with Crippen LogP contribution in [0.1, 0.15) is 18.4 Å². The highest BCUT2D eigenvalue weighted by atomic mass is 16.6. The second-order valence-electron chi connectivity index (χ2n) is 4.71. The fourth-order valence-electron chi connectivity index (χ4n) is 2.02. The van der Waals surface area contributed by atoms with Crippen molar-refractivity contribution in [1.29, 1.82) is 0 Å². The van der Waals surface area contributed by atoms with Crippen LogP contribution in [0.15, 0.2) is 12.3 Å². The molecule has 98 valence electrons. The van der Waals surface area contributed by atoms with Gasteiger partial charge in [-0.1, -0.05) is 0 Å². The molecule has 0 unspecified atom stereocenters. The molecule has 1 aliphatic heterocycles. The molecule has 1 aromatic rings. The van der Waals surface area contributed by atoms with Crippen molar-refractivity contribution in [2.24, 2.45) is 0 Å². The molecule has 0 aliphatic carbocycles. The Morgan fingerprint density at radius 2 is 2.17 bits per heavy atom. The van der Waals surface area contributed by atoms with Crippen molar-refractivity contribution in [2.75, 3.05) is 20.1 Å². The van der Waals surface area contributed by atoms with Crippen molar-refractivity contribution < 1.29 is 9.66 Å². The van der Waals surface area contributed by atoms with Gasteiger partial charge in [0.15, 0.2) is 0 Å². The molecule has 0 amide bonds. The largest absolute Gasteiger partial charge is 0.469 e. The Hall–Kier alpha value is -1.69. The SMILES string of the molecule is Cc1cnc(OC2CCN(C)CC2)c([N+](=O)[O-])c1. The number of pyridine rings is 1. The van der Waals surface area contributed by atoms with Crippen LogP contribution in [-0.4, -0.2) is 41.0 Å². The smallest absolute Gasteiger partial charge is 0.331 e. The molecule has 1 saturated heterocycles. The van der Waals surface area contributed by atoms with E-state index in [2.05, 4.69) is 16.9 Å². The summed E-state index contributed by atoms with van der Waals surface area (Å²) in [7, 11) is 2.06. The summed E-state index contributed by atoms with van der Waals surface area (Å²) >= 11 is 0. The molecule has 0 saturated carbocycles. The number of aromatic nitrogens is 1. The van der Waals surface area contributed by atoms with Crippen molar-refractivity contribution in [3.63, 3.8) is 0 Å². The monoisotopic (exact) mass is 251 g/mol. The second-order valence-corrected chi connectivity index (χ2v) is 4.71. The highest BCUT2D eigenvalue weighted by molar-refractivity contribution is 5.42. The first-order valence-corrected chi connectivity index (χ1v) is 6.02. The lowest BCUT2D eigenvalue weighted by Gasteiger charge is -2.28. The molecule has 1 aromatic heterocycles. The van der Waals surface area contributed by atoms with Crippen LogP contribution in [0.25, 0.3) is 0 Å². The minimum Gasteiger partial charge on any atom is -0.469 e. The fraction of sp³-hybridized carbons (Fsp3) is 0.583. The van der Waals surface area contributed by atoms with E-state index in [9.17, 15) is 10.1 Å². The maximum atomic E-state index is 10.9. The number of rotatable bonds is 3. The molecule has 0 N–H and O–H groups in total. The Morgan fingerprint density at radius 3 is 2.78 bits per heavy atom. The molecule has 1 aliphatic rings. The Morgan fingerprint density at radius 1 is 1.50 bits per heavy atom. The third-order valence-corrected chi connectivity index (χ3v) is 3.11. The van der Waals surface area contributed by atoms with E-state index in [4.69, 9.17) is 4.74 Å². The molecular formula is C12H17N3O3. The molecular weight excluding hydrogens is 234 g/mol. The van der Waals surface area contributed by atoms with E-state index in [-0.39, 0.29) is 17.7 Å². The average molecular weight is 251 g/mol. The van der Waals surface area contributed by atoms with Gasteiger partial charge in [0, 0.05) is 25.4 Å². The van der Waals surface area contributed by atoms with Gasteiger partial charge in [0.25, 0.3) is 5.88 Å². The summed E-state index contributed by atoms with van der Waals surface area (Å²) < 4.78 is 5.67. The van der Waals surface area contributed by atoms with Crippen molar-refractivity contribution >= 4 is 5.69 Å². The van der Waals surface area contributed by atoms with Crippen LogP contribution < -0.4 is 4.74 Å². The predicted octanol–water partition coefficient (Wildman–Crippen LogP) is 1.77. The van der Waals surface area contributed by atoms with Crippen LogP contribution in [0.5, 0.6) is 5.88 Å². The molecule has 2 rings (SSSR count). The van der Waals surface area contributed by atoms with Crippen molar-refractivity contribution in [3.05, 3.63) is 27.9 Å². The van der Waals surface area contributed by atoms with Crippen LogP contribution in [0, 0.1) is 17.0 Å². The Labute approximate surface area is 106 Å². The highest BCUT2D eigenvalue weighted by Crippen LogP contribution is 2.27. The number of ether oxygens (including phenoxy) is 1. The summed E-state index contributed by atoms with van der Waals surface area (Å²) in [6.45, 7) is 3.67. The van der Waals surface area contributed by atoms with E-state index >= 15 is 0 Å². The first kappa shape index (κ1) is 12.8. The first-order chi connectivity index (χ1) is 8.56. The third-order valence-electron chi connectivity index (χ3n) is 3.11. The van der Waals surface area contributed by atoms with Crippen LogP contribution in [0.3, 0.4) is 0 Å². The van der Waals surface area contributed by atoms with Gasteiger partial charge >= 0.3 is 5.69 Å². The number of hydrogen-bond donors (Lipinski definition) is 0. The zero-order valence-corrected chi connectivity index (χ0v) is 10.6. The van der Waals surface area contributed by atoms with E-state index in [1.54, 1.807) is 13.1 Å². The quantitative estimate of drug-likeness (QED) is 0.605. The summed E-state index contributed by atoms with van der Waals surface area (Å²) in [4.78, 5) is 16.8. The lowest BCUT2D eigenvalue weighted by molar-refractivity contribution is -0.386. The van der Waals surface area contributed by atoms with E-state index in [0.29, 0.717) is 0 Å². The predicted molar refractivity (Wildman–Crippen MR) is 66.8 cm³/mol. The average Bonchev–Trinajstić information content (AvgIpc) is 2.34. The minimum absolute atomic E-state index is 0.0232. The summed E-state index contributed by atoms with van der Waals surface area (Å²) in [5.74, 6) is 0.139. The van der Waals surface area contributed by atoms with Gasteiger partial charge in [-0.3, -0.25) is 10.1 Å². The molecule has 0 bridgehead atoms. The number of nitro groups is 1. The van der Waals surface area contributed by atoms with E-state index in [1.807, 2.05) is 0 Å². The normalized spacial score (nSPS) is 17.7. The van der Waals surface area contributed by atoms with E-state index in [0.717, 1.165) is 31.5 Å². The lowest BCUT2D eigenvalue weighted by Crippen LogP contribution is -2.35. The summed E-state index contributed by atoms with van der Waals surface area (Å²) in [5, 5.41) is 10.9. The summed E-state index contributed by atoms with van der Waals surface area (Å²) in [6, 6.07) is 1.50. The standard InChI is InChI=1S/C12H17N3O3/c1-9-7-11(15(16)17)12(13-8-9)18-10-3-5-14(2)6-4-10/h7-8,10H,3-6H2,1-2H3. The highest BCUT2D eigenvalue weighted by Gasteiger charge is 2.23. The van der Waals surface area contributed by atoms with Gasteiger partial charge in [0.1, 0.15) is 6.10 Å². The summed E-state index contributed by atoms with van der Waals surface area (Å²) in [5.41, 5.74) is 0.714. The van der Waals surface area contributed by atoms with Crippen LogP contribution in [0.4, 0.5) is 5.69 Å². The van der Waals surface area contributed by atoms with Crippen LogP contribution in [-0.2, 0) is 0 Å². The molecule has 1 fully saturated rings. The zero-order valence-electron chi connectivity index (χ0n) is 10.6. The molecule has 2 heterocycles. The van der Waals surface area contributed by atoms with Gasteiger partial charge in [-0.05, 0) is 32.4 Å². The van der Waals surface area contributed by atoms with Gasteiger partial charge in [0.05, 0.1) is 4.92 Å². The minimum atomic E-state index is -0.440. The molecule has 0 radical (unpaired) electrons. The van der Waals surface area contributed by atoms with Crippen LogP contribution >= 0.6 is 0 Å². The van der Waals surface area contributed by atoms with E-state index in [1.165, 1.54) is 6.07 Å². The Balaban J connectivity index is 2.11. The molecule has 0 atom stereocenters. The molecule has 6 heteroatoms. The lowest BCUT2D eigenvalue weighted by atomic mass is 10.1.